The third kappa shape index (κ3) is 7.82. The van der Waals surface area contributed by atoms with Crippen molar-refractivity contribution in [2.45, 2.75) is 52.0 Å². The topological polar surface area (TPSA) is 49.4 Å². The second kappa shape index (κ2) is 12.4. The zero-order valence-corrected chi connectivity index (χ0v) is 18.8. The van der Waals surface area contributed by atoms with Crippen LogP contribution in [-0.4, -0.2) is 35.1 Å². The smallest absolute Gasteiger partial charge is 0.242 e. The van der Waals surface area contributed by atoms with E-state index < -0.39 is 6.04 Å². The minimum absolute atomic E-state index is 0.0817. The summed E-state index contributed by atoms with van der Waals surface area (Å²) in [6.07, 6.45) is 1.92. The molecule has 0 aromatic heterocycles. The van der Waals surface area contributed by atoms with E-state index >= 15 is 0 Å². The predicted octanol–water partition coefficient (Wildman–Crippen LogP) is 4.70. The molecular weight excluding hydrogens is 399 g/mol. The summed E-state index contributed by atoms with van der Waals surface area (Å²) in [5, 5.41) is 2.93. The van der Waals surface area contributed by atoms with Crippen LogP contribution in [0.2, 0.25) is 0 Å². The monoisotopic (exact) mass is 430 g/mol. The molecule has 4 nitrogen and oxygen atoms in total. The highest BCUT2D eigenvalue weighted by Gasteiger charge is 2.25. The van der Waals surface area contributed by atoms with Gasteiger partial charge in [0.1, 0.15) is 11.9 Å². The van der Waals surface area contributed by atoms with Crippen molar-refractivity contribution in [3.63, 3.8) is 0 Å². The third-order valence-corrected chi connectivity index (χ3v) is 5.83. The van der Waals surface area contributed by atoms with Crippen LogP contribution in [0.5, 0.6) is 0 Å². The molecule has 0 unspecified atom stereocenters. The van der Waals surface area contributed by atoms with Gasteiger partial charge in [-0.15, -0.1) is 11.8 Å². The molecule has 0 heterocycles. The number of aryl methyl sites for hydroxylation is 1. The SMILES string of the molecule is CCCCNC(=O)[C@@H](C)N(Cc1cccc(C)c1)C(=O)CSCc1ccc(F)cc1. The first kappa shape index (κ1) is 23.9. The molecule has 2 aromatic rings. The van der Waals surface area contributed by atoms with Gasteiger partial charge in [-0.1, -0.05) is 55.3 Å². The molecule has 2 aromatic carbocycles. The Hall–Kier alpha value is -2.34. The summed E-state index contributed by atoms with van der Waals surface area (Å²) in [5.41, 5.74) is 3.08. The molecule has 0 bridgehead atoms. The quantitative estimate of drug-likeness (QED) is 0.526. The van der Waals surface area contributed by atoms with Crippen molar-refractivity contribution in [1.29, 1.82) is 0 Å². The highest BCUT2D eigenvalue weighted by molar-refractivity contribution is 7.99. The molecule has 0 aliphatic rings. The molecular formula is C24H31FN2O2S. The number of carbonyl (C=O) groups is 2. The lowest BCUT2D eigenvalue weighted by Crippen LogP contribution is -2.48. The Morgan fingerprint density at radius 1 is 1.13 bits per heavy atom. The molecule has 0 radical (unpaired) electrons. The molecule has 1 N–H and O–H groups in total. The van der Waals surface area contributed by atoms with Gasteiger partial charge in [0.15, 0.2) is 0 Å². The van der Waals surface area contributed by atoms with Gasteiger partial charge in [-0.25, -0.2) is 4.39 Å². The van der Waals surface area contributed by atoms with Gasteiger partial charge in [0.25, 0.3) is 0 Å². The molecule has 0 spiro atoms. The Balaban J connectivity index is 2.03. The van der Waals surface area contributed by atoms with E-state index in [1.807, 2.05) is 31.2 Å². The Bertz CT molecular complexity index is 826. The number of hydrogen-bond donors (Lipinski definition) is 1. The predicted molar refractivity (Wildman–Crippen MR) is 122 cm³/mol. The van der Waals surface area contributed by atoms with Crippen molar-refractivity contribution in [1.82, 2.24) is 10.2 Å². The number of nitrogens with zero attached hydrogens (tertiary/aromatic N) is 1. The molecule has 0 saturated heterocycles. The maximum atomic E-state index is 13.0. The van der Waals surface area contributed by atoms with Crippen molar-refractivity contribution >= 4 is 23.6 Å². The zero-order chi connectivity index (χ0) is 21.9. The number of carbonyl (C=O) groups excluding carboxylic acids is 2. The van der Waals surface area contributed by atoms with Crippen molar-refractivity contribution in [2.24, 2.45) is 0 Å². The van der Waals surface area contributed by atoms with Crippen molar-refractivity contribution in [3.8, 4) is 0 Å². The van der Waals surface area contributed by atoms with Crippen LogP contribution in [0.25, 0.3) is 0 Å². The molecule has 30 heavy (non-hydrogen) atoms. The fourth-order valence-electron chi connectivity index (χ4n) is 3.05. The van der Waals surface area contributed by atoms with Crippen molar-refractivity contribution < 1.29 is 14.0 Å². The van der Waals surface area contributed by atoms with Crippen LogP contribution >= 0.6 is 11.8 Å². The number of nitrogens with one attached hydrogen (secondary N) is 1. The van der Waals surface area contributed by atoms with E-state index in [-0.39, 0.29) is 23.4 Å². The largest absolute Gasteiger partial charge is 0.354 e. The second-order valence-corrected chi connectivity index (χ2v) is 8.44. The van der Waals surface area contributed by atoms with E-state index in [1.54, 1.807) is 24.0 Å². The zero-order valence-electron chi connectivity index (χ0n) is 18.0. The molecule has 0 aliphatic heterocycles. The van der Waals surface area contributed by atoms with E-state index in [9.17, 15) is 14.0 Å². The maximum absolute atomic E-state index is 13.0. The summed E-state index contributed by atoms with van der Waals surface area (Å²) in [4.78, 5) is 27.3. The summed E-state index contributed by atoms with van der Waals surface area (Å²) >= 11 is 1.47. The van der Waals surface area contributed by atoms with E-state index in [0.29, 0.717) is 18.8 Å². The van der Waals surface area contributed by atoms with Gasteiger partial charge in [-0.2, -0.15) is 0 Å². The summed E-state index contributed by atoms with van der Waals surface area (Å²) in [6.45, 7) is 6.86. The number of benzene rings is 2. The lowest BCUT2D eigenvalue weighted by Gasteiger charge is -2.29. The first-order chi connectivity index (χ1) is 14.4. The van der Waals surface area contributed by atoms with Gasteiger partial charge in [-0.05, 0) is 43.5 Å². The van der Waals surface area contributed by atoms with Gasteiger partial charge in [0.2, 0.25) is 11.8 Å². The first-order valence-corrected chi connectivity index (χ1v) is 11.5. The van der Waals surface area contributed by atoms with Crippen LogP contribution in [-0.2, 0) is 21.9 Å². The summed E-state index contributed by atoms with van der Waals surface area (Å²) in [7, 11) is 0. The number of amides is 2. The molecule has 1 atom stereocenters. The number of halogens is 1. The fraction of sp³-hybridized carbons (Fsp3) is 0.417. The molecule has 2 rings (SSSR count). The van der Waals surface area contributed by atoms with Crippen LogP contribution in [0.4, 0.5) is 4.39 Å². The van der Waals surface area contributed by atoms with Crippen LogP contribution in [0, 0.1) is 12.7 Å². The molecule has 2 amide bonds. The Morgan fingerprint density at radius 2 is 1.87 bits per heavy atom. The minimum atomic E-state index is -0.554. The first-order valence-electron chi connectivity index (χ1n) is 10.4. The molecule has 0 fully saturated rings. The van der Waals surface area contributed by atoms with Gasteiger partial charge in [-0.3, -0.25) is 9.59 Å². The molecule has 0 saturated carbocycles. The van der Waals surface area contributed by atoms with Crippen molar-refractivity contribution in [3.05, 3.63) is 71.0 Å². The van der Waals surface area contributed by atoms with E-state index in [0.717, 1.165) is 29.5 Å². The molecule has 0 aliphatic carbocycles. The molecule has 162 valence electrons. The van der Waals surface area contributed by atoms with Crippen LogP contribution in [0.3, 0.4) is 0 Å². The van der Waals surface area contributed by atoms with Gasteiger partial charge >= 0.3 is 0 Å². The average molecular weight is 431 g/mol. The number of rotatable bonds is 11. The Morgan fingerprint density at radius 3 is 2.53 bits per heavy atom. The van der Waals surface area contributed by atoms with Crippen LogP contribution in [0.15, 0.2) is 48.5 Å². The average Bonchev–Trinajstić information content (AvgIpc) is 2.73. The molecule has 6 heteroatoms. The second-order valence-electron chi connectivity index (χ2n) is 7.45. The maximum Gasteiger partial charge on any atom is 0.242 e. The Labute approximate surface area is 183 Å². The van der Waals surface area contributed by atoms with Gasteiger partial charge < -0.3 is 10.2 Å². The van der Waals surface area contributed by atoms with E-state index in [2.05, 4.69) is 12.2 Å². The number of hydrogen-bond acceptors (Lipinski definition) is 3. The standard InChI is InChI=1S/C24H31FN2O2S/c1-4-5-13-26-24(29)19(3)27(15-21-8-6-7-18(2)14-21)23(28)17-30-16-20-9-11-22(25)12-10-20/h6-12,14,19H,4-5,13,15-17H2,1-3H3,(H,26,29)/t19-/m1/s1. The third-order valence-electron chi connectivity index (χ3n) is 4.84. The van der Waals surface area contributed by atoms with E-state index in [4.69, 9.17) is 0 Å². The highest BCUT2D eigenvalue weighted by Crippen LogP contribution is 2.17. The lowest BCUT2D eigenvalue weighted by molar-refractivity contribution is -0.138. The van der Waals surface area contributed by atoms with Crippen LogP contribution < -0.4 is 5.32 Å². The summed E-state index contributed by atoms with van der Waals surface area (Å²) in [6, 6.07) is 13.7. The Kier molecular flexibility index (Phi) is 9.87. The number of unbranched alkanes of at least 4 members (excludes halogenated alkanes) is 1. The van der Waals surface area contributed by atoms with Gasteiger partial charge in [0.05, 0.1) is 5.75 Å². The summed E-state index contributed by atoms with van der Waals surface area (Å²) in [5.74, 6) is 0.388. The fourth-order valence-corrected chi connectivity index (χ4v) is 3.92. The van der Waals surface area contributed by atoms with Crippen LogP contribution in [0.1, 0.15) is 43.4 Å². The van der Waals surface area contributed by atoms with E-state index in [1.165, 1.54) is 23.9 Å². The normalized spacial score (nSPS) is 11.7. The minimum Gasteiger partial charge on any atom is -0.354 e. The van der Waals surface area contributed by atoms with Crippen molar-refractivity contribution in [2.75, 3.05) is 12.3 Å². The summed E-state index contributed by atoms with van der Waals surface area (Å²) < 4.78 is 13.0. The number of thioether (sulfide) groups is 1. The lowest BCUT2D eigenvalue weighted by atomic mass is 10.1. The highest BCUT2D eigenvalue weighted by atomic mass is 32.2. The van der Waals surface area contributed by atoms with Gasteiger partial charge in [0, 0.05) is 18.8 Å².